The maximum Gasteiger partial charge on any atom is 0.132 e. The highest BCUT2D eigenvalue weighted by molar-refractivity contribution is 9.10. The Labute approximate surface area is 119 Å². The zero-order valence-electron chi connectivity index (χ0n) is 10.3. The van der Waals surface area contributed by atoms with E-state index in [4.69, 9.17) is 0 Å². The van der Waals surface area contributed by atoms with Gasteiger partial charge in [-0.05, 0) is 43.3 Å². The molecule has 0 spiro atoms. The fraction of sp³-hybridized carbons (Fsp3) is 0.214. The maximum atomic E-state index is 13.9. The van der Waals surface area contributed by atoms with E-state index in [0.29, 0.717) is 10.9 Å². The lowest BCUT2D eigenvalue weighted by Gasteiger charge is -2.18. The quantitative estimate of drug-likeness (QED) is 0.928. The Kier molecular flexibility index (Phi) is 4.61. The third-order valence-electron chi connectivity index (χ3n) is 2.93. The fourth-order valence-electron chi connectivity index (χ4n) is 1.99. The van der Waals surface area contributed by atoms with Gasteiger partial charge in [0.2, 0.25) is 0 Å². The Morgan fingerprint density at radius 3 is 2.32 bits per heavy atom. The molecular weight excluding hydrogens is 314 g/mol. The molecule has 0 aliphatic carbocycles. The molecule has 100 valence electrons. The molecule has 5 heteroatoms. The molecule has 1 heterocycles. The molecule has 1 atom stereocenters. The second-order valence-corrected chi connectivity index (χ2v) is 5.10. The van der Waals surface area contributed by atoms with E-state index in [1.807, 2.05) is 12.1 Å². The summed E-state index contributed by atoms with van der Waals surface area (Å²) < 4.78 is 28.3. The molecule has 1 N–H and O–H groups in total. The van der Waals surface area contributed by atoms with Crippen LogP contribution in [0.5, 0.6) is 0 Å². The number of hydrogen-bond acceptors (Lipinski definition) is 2. The molecule has 0 fully saturated rings. The molecule has 2 rings (SSSR count). The van der Waals surface area contributed by atoms with Gasteiger partial charge in [-0.15, -0.1) is 0 Å². The van der Waals surface area contributed by atoms with Gasteiger partial charge in [0, 0.05) is 28.5 Å². The summed E-state index contributed by atoms with van der Waals surface area (Å²) >= 11 is 3.08. The van der Waals surface area contributed by atoms with Gasteiger partial charge in [0.25, 0.3) is 0 Å². The minimum atomic E-state index is -0.555. The summed E-state index contributed by atoms with van der Waals surface area (Å²) in [5.74, 6) is -1.11. The van der Waals surface area contributed by atoms with Crippen molar-refractivity contribution < 1.29 is 8.78 Å². The molecule has 0 radical (unpaired) electrons. The summed E-state index contributed by atoms with van der Waals surface area (Å²) in [4.78, 5) is 3.92. The average molecular weight is 327 g/mol. The average Bonchev–Trinajstić information content (AvgIpc) is 2.37. The molecule has 19 heavy (non-hydrogen) atoms. The zero-order chi connectivity index (χ0) is 13.8. The first-order valence-electron chi connectivity index (χ1n) is 5.82. The number of likely N-dealkylation sites (N-methyl/N-ethyl adjacent to an activating group) is 1. The SMILES string of the molecule is CNC(Cc1ccncc1)c1c(F)cc(Br)cc1F. The predicted molar refractivity (Wildman–Crippen MR) is 73.8 cm³/mol. The Balaban J connectivity index is 2.32. The number of pyridine rings is 1. The molecule has 0 bridgehead atoms. The van der Waals surface area contributed by atoms with E-state index in [9.17, 15) is 8.78 Å². The minimum Gasteiger partial charge on any atom is -0.313 e. The molecule has 1 aromatic carbocycles. The maximum absolute atomic E-state index is 13.9. The third-order valence-corrected chi connectivity index (χ3v) is 3.39. The molecule has 1 aromatic heterocycles. The van der Waals surface area contributed by atoms with Crippen molar-refractivity contribution in [3.8, 4) is 0 Å². The van der Waals surface area contributed by atoms with Gasteiger partial charge in [-0.3, -0.25) is 4.98 Å². The normalized spacial score (nSPS) is 12.4. The standard InChI is InChI=1S/C14H13BrF2N2/c1-18-13(6-9-2-4-19-5-3-9)14-11(16)7-10(15)8-12(14)17/h2-5,7-8,13,18H,6H2,1H3. The second-order valence-electron chi connectivity index (χ2n) is 4.18. The zero-order valence-corrected chi connectivity index (χ0v) is 11.9. The Bertz CT molecular complexity index is 538. The van der Waals surface area contributed by atoms with Crippen LogP contribution in [0.15, 0.2) is 41.1 Å². The van der Waals surface area contributed by atoms with Crippen LogP contribution in [0.4, 0.5) is 8.78 Å². The highest BCUT2D eigenvalue weighted by atomic mass is 79.9. The lowest BCUT2D eigenvalue weighted by molar-refractivity contribution is 0.488. The molecule has 0 saturated heterocycles. The van der Waals surface area contributed by atoms with Crippen LogP contribution in [0.25, 0.3) is 0 Å². The van der Waals surface area contributed by atoms with E-state index in [2.05, 4.69) is 26.2 Å². The van der Waals surface area contributed by atoms with Crippen LogP contribution in [-0.4, -0.2) is 12.0 Å². The number of nitrogens with one attached hydrogen (secondary N) is 1. The molecule has 1 unspecified atom stereocenters. The van der Waals surface area contributed by atoms with Crippen LogP contribution in [0.2, 0.25) is 0 Å². The monoisotopic (exact) mass is 326 g/mol. The Morgan fingerprint density at radius 2 is 1.79 bits per heavy atom. The number of nitrogens with zero attached hydrogens (tertiary/aromatic N) is 1. The third kappa shape index (κ3) is 3.36. The van der Waals surface area contributed by atoms with Crippen molar-refractivity contribution in [2.24, 2.45) is 0 Å². The molecular formula is C14H13BrF2N2. The van der Waals surface area contributed by atoms with Crippen LogP contribution < -0.4 is 5.32 Å². The molecule has 0 aliphatic rings. The van der Waals surface area contributed by atoms with Crippen LogP contribution in [0.1, 0.15) is 17.2 Å². The van der Waals surface area contributed by atoms with Crippen molar-refractivity contribution in [3.63, 3.8) is 0 Å². The van der Waals surface area contributed by atoms with Gasteiger partial charge in [0.05, 0.1) is 0 Å². The first-order valence-corrected chi connectivity index (χ1v) is 6.61. The predicted octanol–water partition coefficient (Wildman–Crippen LogP) is 3.63. The van der Waals surface area contributed by atoms with Crippen molar-refractivity contribution in [3.05, 3.63) is 63.9 Å². The summed E-state index contributed by atoms with van der Waals surface area (Å²) in [5, 5.41) is 2.95. The van der Waals surface area contributed by atoms with Gasteiger partial charge in [0.15, 0.2) is 0 Å². The van der Waals surface area contributed by atoms with Crippen molar-refractivity contribution in [1.82, 2.24) is 10.3 Å². The van der Waals surface area contributed by atoms with Crippen molar-refractivity contribution in [2.45, 2.75) is 12.5 Å². The first kappa shape index (κ1) is 14.1. The topological polar surface area (TPSA) is 24.9 Å². The largest absolute Gasteiger partial charge is 0.313 e. The lowest BCUT2D eigenvalue weighted by atomic mass is 9.98. The van der Waals surface area contributed by atoms with Crippen LogP contribution >= 0.6 is 15.9 Å². The van der Waals surface area contributed by atoms with Crippen molar-refractivity contribution >= 4 is 15.9 Å². The summed E-state index contributed by atoms with van der Waals surface area (Å²) in [5.41, 5.74) is 1.03. The van der Waals surface area contributed by atoms with E-state index in [0.717, 1.165) is 5.56 Å². The molecule has 0 amide bonds. The first-order chi connectivity index (χ1) is 9.11. The summed E-state index contributed by atoms with van der Waals surface area (Å²) in [7, 11) is 1.69. The van der Waals surface area contributed by atoms with Gasteiger partial charge < -0.3 is 5.32 Å². The van der Waals surface area contributed by atoms with Gasteiger partial charge in [-0.25, -0.2) is 8.78 Å². The highest BCUT2D eigenvalue weighted by Gasteiger charge is 2.20. The summed E-state index contributed by atoms with van der Waals surface area (Å²) in [6, 6.07) is 5.79. The van der Waals surface area contributed by atoms with Crippen LogP contribution in [0, 0.1) is 11.6 Å². The number of benzene rings is 1. The van der Waals surface area contributed by atoms with Crippen molar-refractivity contribution in [2.75, 3.05) is 7.05 Å². The van der Waals surface area contributed by atoms with Crippen molar-refractivity contribution in [1.29, 1.82) is 0 Å². The van der Waals surface area contributed by atoms with Gasteiger partial charge >= 0.3 is 0 Å². The Morgan fingerprint density at radius 1 is 1.21 bits per heavy atom. The number of rotatable bonds is 4. The van der Waals surface area contributed by atoms with E-state index >= 15 is 0 Å². The molecule has 2 aromatic rings. The minimum absolute atomic E-state index is 0.0579. The van der Waals surface area contributed by atoms with E-state index < -0.39 is 17.7 Å². The highest BCUT2D eigenvalue weighted by Crippen LogP contribution is 2.26. The number of halogens is 3. The fourth-order valence-corrected chi connectivity index (χ4v) is 2.39. The molecule has 0 saturated carbocycles. The number of hydrogen-bond donors (Lipinski definition) is 1. The lowest BCUT2D eigenvalue weighted by Crippen LogP contribution is -2.21. The second kappa shape index (κ2) is 6.21. The summed E-state index contributed by atoms with van der Waals surface area (Å²) in [6.45, 7) is 0. The Hall–Kier alpha value is -1.33. The van der Waals surface area contributed by atoms with Crippen LogP contribution in [-0.2, 0) is 6.42 Å². The van der Waals surface area contributed by atoms with E-state index in [1.54, 1.807) is 19.4 Å². The summed E-state index contributed by atoms with van der Waals surface area (Å²) in [6.07, 6.45) is 3.82. The van der Waals surface area contributed by atoms with Crippen LogP contribution in [0.3, 0.4) is 0 Å². The molecule has 2 nitrogen and oxygen atoms in total. The smallest absolute Gasteiger partial charge is 0.132 e. The van der Waals surface area contributed by atoms with E-state index in [-0.39, 0.29) is 5.56 Å². The van der Waals surface area contributed by atoms with E-state index in [1.165, 1.54) is 12.1 Å². The van der Waals surface area contributed by atoms with Gasteiger partial charge in [0.1, 0.15) is 11.6 Å². The van der Waals surface area contributed by atoms with Gasteiger partial charge in [-0.1, -0.05) is 15.9 Å². The number of aromatic nitrogens is 1. The molecule has 0 aliphatic heterocycles. The van der Waals surface area contributed by atoms with Gasteiger partial charge in [-0.2, -0.15) is 0 Å².